The molecule has 0 spiro atoms. The van der Waals surface area contributed by atoms with Gasteiger partial charge in [0.05, 0.1) is 0 Å². The first-order chi connectivity index (χ1) is 13.2. The lowest BCUT2D eigenvalue weighted by Gasteiger charge is -2.05. The van der Waals surface area contributed by atoms with Gasteiger partial charge >= 0.3 is 0 Å². The van der Waals surface area contributed by atoms with E-state index in [1.165, 1.54) is 0 Å². The fourth-order valence-electron chi connectivity index (χ4n) is 3.73. The first-order valence-electron chi connectivity index (χ1n) is 8.89. The zero-order valence-electron chi connectivity index (χ0n) is 14.9. The maximum atomic E-state index is 9.69. The quantitative estimate of drug-likeness (QED) is 0.556. The number of aromatic hydroxyl groups is 1. The number of hydrogen-bond acceptors (Lipinski definition) is 3. The third-order valence-corrected chi connectivity index (χ3v) is 4.94. The number of aryl methyl sites for hydroxylation is 1. The van der Waals surface area contributed by atoms with Crippen LogP contribution in [0.1, 0.15) is 11.1 Å². The number of ether oxygens (including phenoxy) is 1. The van der Waals surface area contributed by atoms with Gasteiger partial charge in [0.1, 0.15) is 22.9 Å². The van der Waals surface area contributed by atoms with E-state index in [0.717, 1.165) is 44.8 Å². The number of nitrogens with zero attached hydrogens (tertiary/aromatic N) is 2. The highest BCUT2D eigenvalue weighted by atomic mass is 16.5. The van der Waals surface area contributed by atoms with Crippen molar-refractivity contribution in [1.82, 2.24) is 9.55 Å². The number of benzene rings is 2. The number of hydrogen-bond donors (Lipinski definition) is 1. The van der Waals surface area contributed by atoms with Crippen molar-refractivity contribution >= 4 is 17.1 Å². The van der Waals surface area contributed by atoms with Gasteiger partial charge in [-0.1, -0.05) is 30.3 Å². The Labute approximate surface area is 157 Å². The zero-order valence-corrected chi connectivity index (χ0v) is 14.9. The second-order valence-electron chi connectivity index (χ2n) is 6.80. The van der Waals surface area contributed by atoms with Gasteiger partial charge in [0.2, 0.25) is 0 Å². The van der Waals surface area contributed by atoms with Gasteiger partial charge in [-0.25, -0.2) is 4.98 Å². The summed E-state index contributed by atoms with van der Waals surface area (Å²) in [6.07, 6.45) is 6.68. The normalized spacial score (nSPS) is 14.5. The summed E-state index contributed by atoms with van der Waals surface area (Å²) in [5, 5.41) is 10.8. The van der Waals surface area contributed by atoms with E-state index in [4.69, 9.17) is 4.74 Å². The highest BCUT2D eigenvalue weighted by Gasteiger charge is 2.19. The molecular formula is C23H18N2O2. The summed E-state index contributed by atoms with van der Waals surface area (Å²) in [4.78, 5) is 4.57. The second-order valence-corrected chi connectivity index (χ2v) is 6.80. The molecule has 2 aromatic carbocycles. The van der Waals surface area contributed by atoms with E-state index in [-0.39, 0.29) is 5.75 Å². The van der Waals surface area contributed by atoms with Crippen molar-refractivity contribution in [2.75, 3.05) is 0 Å². The lowest BCUT2D eigenvalue weighted by Crippen LogP contribution is -1.89. The van der Waals surface area contributed by atoms with Crippen LogP contribution in [0.2, 0.25) is 0 Å². The molecule has 4 heteroatoms. The molecule has 1 aliphatic heterocycles. The summed E-state index contributed by atoms with van der Waals surface area (Å²) in [5.74, 6) is 1.94. The number of aromatic nitrogens is 2. The molecule has 0 bridgehead atoms. The van der Waals surface area contributed by atoms with Crippen LogP contribution in [0, 0.1) is 0 Å². The van der Waals surface area contributed by atoms with Crippen molar-refractivity contribution < 1.29 is 9.84 Å². The molecule has 0 atom stereocenters. The molecule has 0 unspecified atom stereocenters. The van der Waals surface area contributed by atoms with Crippen molar-refractivity contribution in [3.63, 3.8) is 0 Å². The lowest BCUT2D eigenvalue weighted by atomic mass is 10.0. The van der Waals surface area contributed by atoms with Crippen molar-refractivity contribution in [2.24, 2.45) is 7.05 Å². The first-order valence-corrected chi connectivity index (χ1v) is 8.89. The highest BCUT2D eigenvalue weighted by Crippen LogP contribution is 2.36. The Hall–Kier alpha value is -3.53. The predicted molar refractivity (Wildman–Crippen MR) is 107 cm³/mol. The van der Waals surface area contributed by atoms with Crippen LogP contribution in [-0.2, 0) is 13.5 Å². The Morgan fingerprint density at radius 2 is 1.96 bits per heavy atom. The maximum absolute atomic E-state index is 9.69. The highest BCUT2D eigenvalue weighted by molar-refractivity contribution is 5.99. The molecule has 0 fully saturated rings. The zero-order chi connectivity index (χ0) is 18.4. The monoisotopic (exact) mass is 354 g/mol. The predicted octanol–water partition coefficient (Wildman–Crippen LogP) is 4.92. The van der Waals surface area contributed by atoms with Crippen LogP contribution in [0.15, 0.2) is 72.8 Å². The average molecular weight is 354 g/mol. The Morgan fingerprint density at radius 1 is 1.11 bits per heavy atom. The van der Waals surface area contributed by atoms with Gasteiger partial charge in [-0.15, -0.1) is 0 Å². The van der Waals surface area contributed by atoms with Crippen molar-refractivity contribution in [1.29, 1.82) is 0 Å². The van der Waals surface area contributed by atoms with Crippen LogP contribution in [0.3, 0.4) is 0 Å². The van der Waals surface area contributed by atoms with Gasteiger partial charge < -0.3 is 14.4 Å². The number of phenolic OH excluding ortho intramolecular Hbond substituents is 1. The summed E-state index contributed by atoms with van der Waals surface area (Å²) >= 11 is 0. The summed E-state index contributed by atoms with van der Waals surface area (Å²) in [5.41, 5.74) is 5.34. The number of phenols is 1. The van der Waals surface area contributed by atoms with Gasteiger partial charge in [0.25, 0.3) is 0 Å². The van der Waals surface area contributed by atoms with Crippen LogP contribution < -0.4 is 4.74 Å². The Balaban J connectivity index is 1.65. The minimum Gasteiger partial charge on any atom is -0.508 e. The maximum Gasteiger partial charge on any atom is 0.140 e. The number of fused-ring (bicyclic) bond motifs is 2. The molecule has 0 radical (unpaired) electrons. The van der Waals surface area contributed by atoms with E-state index in [0.29, 0.717) is 6.42 Å². The topological polar surface area (TPSA) is 47.3 Å². The van der Waals surface area contributed by atoms with Gasteiger partial charge in [-0.3, -0.25) is 0 Å². The summed E-state index contributed by atoms with van der Waals surface area (Å²) in [6.45, 7) is 0. The third kappa shape index (κ3) is 2.66. The first kappa shape index (κ1) is 15.7. The number of allylic oxidation sites excluding steroid dienone is 1. The molecule has 4 nitrogen and oxygen atoms in total. The Bertz CT molecular complexity index is 1190. The van der Waals surface area contributed by atoms with Gasteiger partial charge in [-0.05, 0) is 41.5 Å². The van der Waals surface area contributed by atoms with Gasteiger partial charge in [0.15, 0.2) is 0 Å². The molecule has 1 N–H and O–H groups in total. The van der Waals surface area contributed by atoms with Crippen LogP contribution in [0.25, 0.3) is 28.2 Å². The Kier molecular flexibility index (Phi) is 3.50. The van der Waals surface area contributed by atoms with Crippen molar-refractivity contribution in [2.45, 2.75) is 6.42 Å². The van der Waals surface area contributed by atoms with E-state index < -0.39 is 0 Å². The summed E-state index contributed by atoms with van der Waals surface area (Å²) in [7, 11) is 2.01. The molecule has 2 aromatic heterocycles. The van der Waals surface area contributed by atoms with Crippen molar-refractivity contribution in [3.05, 3.63) is 83.9 Å². The molecule has 3 heterocycles. The van der Waals surface area contributed by atoms with Crippen LogP contribution in [0.5, 0.6) is 11.5 Å². The summed E-state index contributed by atoms with van der Waals surface area (Å²) in [6, 6.07) is 17.6. The van der Waals surface area contributed by atoms with Crippen LogP contribution >= 0.6 is 0 Å². The van der Waals surface area contributed by atoms with E-state index in [2.05, 4.69) is 35.5 Å². The van der Waals surface area contributed by atoms with E-state index in [1.807, 2.05) is 42.1 Å². The molecule has 1 aliphatic rings. The molecule has 0 aliphatic carbocycles. The standard InChI is InChI=1S/C23H18N2O2/c1-25-14-17(13-19-12-16-11-18(26)7-8-21(16)27-19)22-20(9-10-24-23(22)25)15-5-3-2-4-6-15/h2-11,13-14,26H,12H2,1H3/b19-13-. The van der Waals surface area contributed by atoms with Crippen molar-refractivity contribution in [3.8, 4) is 22.6 Å². The molecule has 27 heavy (non-hydrogen) atoms. The van der Waals surface area contributed by atoms with Gasteiger partial charge in [-0.2, -0.15) is 0 Å². The molecule has 4 aromatic rings. The van der Waals surface area contributed by atoms with Gasteiger partial charge in [0, 0.05) is 42.4 Å². The van der Waals surface area contributed by atoms with E-state index in [9.17, 15) is 5.11 Å². The number of pyridine rings is 1. The largest absolute Gasteiger partial charge is 0.508 e. The van der Waals surface area contributed by atoms with Crippen LogP contribution in [-0.4, -0.2) is 14.7 Å². The summed E-state index contributed by atoms with van der Waals surface area (Å²) < 4.78 is 8.03. The SMILES string of the molecule is Cn1cc(/C=C2/Cc3cc(O)ccc3O2)c2c(-c3ccccc3)ccnc21. The molecule has 0 saturated heterocycles. The fraction of sp³-hybridized carbons (Fsp3) is 0.0870. The smallest absolute Gasteiger partial charge is 0.140 e. The molecule has 0 saturated carbocycles. The molecule has 5 rings (SSSR count). The lowest BCUT2D eigenvalue weighted by molar-refractivity contribution is 0.449. The fourth-order valence-corrected chi connectivity index (χ4v) is 3.73. The minimum atomic E-state index is 0.263. The second kappa shape index (κ2) is 6.02. The minimum absolute atomic E-state index is 0.263. The molecule has 132 valence electrons. The molecule has 0 amide bonds. The van der Waals surface area contributed by atoms with Crippen LogP contribution in [0.4, 0.5) is 0 Å². The van der Waals surface area contributed by atoms with E-state index >= 15 is 0 Å². The number of rotatable bonds is 2. The molecular weight excluding hydrogens is 336 g/mol. The third-order valence-electron chi connectivity index (χ3n) is 4.94. The van der Waals surface area contributed by atoms with E-state index in [1.54, 1.807) is 12.1 Å². The average Bonchev–Trinajstić information content (AvgIpc) is 3.23. The Morgan fingerprint density at radius 3 is 2.81 bits per heavy atom.